The maximum atomic E-state index is 6.11. The third kappa shape index (κ3) is 7.10. The van der Waals surface area contributed by atoms with E-state index in [1.807, 2.05) is 31.2 Å². The zero-order valence-corrected chi connectivity index (χ0v) is 15.9. The van der Waals surface area contributed by atoms with Crippen molar-refractivity contribution in [2.75, 3.05) is 33.4 Å². The van der Waals surface area contributed by atoms with E-state index in [9.17, 15) is 0 Å². The molecule has 3 unspecified atom stereocenters. The van der Waals surface area contributed by atoms with Crippen LogP contribution in [0.15, 0.2) is 29.3 Å². The van der Waals surface area contributed by atoms with Gasteiger partial charge in [-0.1, -0.05) is 23.7 Å². The first kappa shape index (κ1) is 19.8. The van der Waals surface area contributed by atoms with Crippen LogP contribution in [0.25, 0.3) is 0 Å². The molecular formula is C18H28ClN3O3. The van der Waals surface area contributed by atoms with Gasteiger partial charge in [0.15, 0.2) is 5.96 Å². The van der Waals surface area contributed by atoms with Gasteiger partial charge in [-0.05, 0) is 32.4 Å². The van der Waals surface area contributed by atoms with Gasteiger partial charge in [-0.3, -0.25) is 4.99 Å². The van der Waals surface area contributed by atoms with Crippen LogP contribution in [-0.2, 0) is 9.47 Å². The standard InChI is InChI=1S/C18H28ClN3O3/c1-13(11-24-15-8-9-23-12-15)22-18(20-3)21-10-14(2)25-17-7-5-4-6-16(17)19/h4-7,13-15H,8-12H2,1-3H3,(H2,20,21,22). The number of aliphatic imine (C=N–C) groups is 1. The maximum Gasteiger partial charge on any atom is 0.191 e. The average Bonchev–Trinajstić information content (AvgIpc) is 3.12. The van der Waals surface area contributed by atoms with Gasteiger partial charge in [-0.2, -0.15) is 0 Å². The van der Waals surface area contributed by atoms with Crippen molar-refractivity contribution in [3.05, 3.63) is 29.3 Å². The summed E-state index contributed by atoms with van der Waals surface area (Å²) in [4.78, 5) is 4.24. The summed E-state index contributed by atoms with van der Waals surface area (Å²) >= 11 is 6.11. The molecule has 1 heterocycles. The van der Waals surface area contributed by atoms with E-state index >= 15 is 0 Å². The zero-order valence-electron chi connectivity index (χ0n) is 15.1. The molecule has 1 aromatic carbocycles. The fourth-order valence-electron chi connectivity index (χ4n) is 2.43. The Balaban J connectivity index is 1.69. The van der Waals surface area contributed by atoms with Gasteiger partial charge in [-0.25, -0.2) is 0 Å². The Kier molecular flexibility index (Phi) is 8.31. The van der Waals surface area contributed by atoms with Crippen molar-refractivity contribution < 1.29 is 14.2 Å². The molecule has 1 aromatic rings. The van der Waals surface area contributed by atoms with Crippen LogP contribution < -0.4 is 15.4 Å². The third-order valence-corrected chi connectivity index (χ3v) is 4.11. The number of para-hydroxylation sites is 1. The quantitative estimate of drug-likeness (QED) is 0.544. The third-order valence-electron chi connectivity index (χ3n) is 3.80. The first-order valence-corrected chi connectivity index (χ1v) is 9.04. The second kappa shape index (κ2) is 10.5. The van der Waals surface area contributed by atoms with Gasteiger partial charge >= 0.3 is 0 Å². The Morgan fingerprint density at radius 2 is 2.20 bits per heavy atom. The number of ether oxygens (including phenoxy) is 3. The van der Waals surface area contributed by atoms with Crippen molar-refractivity contribution in [1.29, 1.82) is 0 Å². The number of hydrogen-bond acceptors (Lipinski definition) is 4. The molecule has 0 aromatic heterocycles. The Morgan fingerprint density at radius 1 is 1.40 bits per heavy atom. The molecule has 25 heavy (non-hydrogen) atoms. The highest BCUT2D eigenvalue weighted by molar-refractivity contribution is 6.32. The second-order valence-corrected chi connectivity index (χ2v) is 6.58. The summed E-state index contributed by atoms with van der Waals surface area (Å²) in [5, 5.41) is 7.18. The molecule has 0 saturated carbocycles. The van der Waals surface area contributed by atoms with E-state index < -0.39 is 0 Å². The Hall–Kier alpha value is -1.50. The number of guanidine groups is 1. The van der Waals surface area contributed by atoms with Gasteiger partial charge in [0.05, 0.1) is 30.9 Å². The molecule has 6 nitrogen and oxygen atoms in total. The van der Waals surface area contributed by atoms with Crippen molar-refractivity contribution >= 4 is 17.6 Å². The summed E-state index contributed by atoms with van der Waals surface area (Å²) in [6, 6.07) is 7.60. The Labute approximate surface area is 154 Å². The number of nitrogens with zero attached hydrogens (tertiary/aromatic N) is 1. The fraction of sp³-hybridized carbons (Fsp3) is 0.611. The average molecular weight is 370 g/mol. The molecule has 3 atom stereocenters. The lowest BCUT2D eigenvalue weighted by atomic mass is 10.3. The Morgan fingerprint density at radius 3 is 2.88 bits per heavy atom. The molecule has 0 aliphatic carbocycles. The van der Waals surface area contributed by atoms with E-state index in [4.69, 9.17) is 25.8 Å². The van der Waals surface area contributed by atoms with Crippen molar-refractivity contribution in [2.24, 2.45) is 4.99 Å². The van der Waals surface area contributed by atoms with Crippen molar-refractivity contribution in [1.82, 2.24) is 10.6 Å². The van der Waals surface area contributed by atoms with E-state index in [2.05, 4.69) is 22.5 Å². The van der Waals surface area contributed by atoms with E-state index in [-0.39, 0.29) is 18.2 Å². The lowest BCUT2D eigenvalue weighted by Gasteiger charge is -2.21. The van der Waals surface area contributed by atoms with Crippen LogP contribution in [0.2, 0.25) is 5.02 Å². The van der Waals surface area contributed by atoms with Crippen LogP contribution in [0.3, 0.4) is 0 Å². The summed E-state index contributed by atoms with van der Waals surface area (Å²) < 4.78 is 17.0. The molecule has 1 fully saturated rings. The number of hydrogen-bond donors (Lipinski definition) is 2. The van der Waals surface area contributed by atoms with E-state index in [1.54, 1.807) is 7.05 Å². The minimum absolute atomic E-state index is 0.0550. The van der Waals surface area contributed by atoms with Crippen LogP contribution in [0.4, 0.5) is 0 Å². The molecule has 1 aliphatic rings. The van der Waals surface area contributed by atoms with Gasteiger partial charge in [0.1, 0.15) is 11.9 Å². The van der Waals surface area contributed by atoms with Gasteiger partial charge in [0.2, 0.25) is 0 Å². The largest absolute Gasteiger partial charge is 0.487 e. The van der Waals surface area contributed by atoms with E-state index in [0.717, 1.165) is 13.0 Å². The monoisotopic (exact) mass is 369 g/mol. The minimum Gasteiger partial charge on any atom is -0.487 e. The van der Waals surface area contributed by atoms with Gasteiger partial charge < -0.3 is 24.8 Å². The smallest absolute Gasteiger partial charge is 0.191 e. The molecule has 0 radical (unpaired) electrons. The zero-order chi connectivity index (χ0) is 18.1. The normalized spacial score (nSPS) is 20.2. The number of nitrogens with one attached hydrogen (secondary N) is 2. The van der Waals surface area contributed by atoms with Crippen molar-refractivity contribution in [2.45, 2.75) is 38.5 Å². The second-order valence-electron chi connectivity index (χ2n) is 6.18. The predicted molar refractivity (Wildman–Crippen MR) is 101 cm³/mol. The van der Waals surface area contributed by atoms with Gasteiger partial charge in [0, 0.05) is 19.7 Å². The molecule has 2 rings (SSSR count). The molecule has 7 heteroatoms. The predicted octanol–water partition coefficient (Wildman–Crippen LogP) is 2.47. The number of halogens is 1. The molecule has 0 spiro atoms. The van der Waals surface area contributed by atoms with E-state index in [0.29, 0.717) is 36.5 Å². The highest BCUT2D eigenvalue weighted by Gasteiger charge is 2.17. The van der Waals surface area contributed by atoms with Crippen molar-refractivity contribution in [3.8, 4) is 5.75 Å². The first-order chi connectivity index (χ1) is 12.1. The first-order valence-electron chi connectivity index (χ1n) is 8.66. The summed E-state index contributed by atoms with van der Waals surface area (Å²) in [5.41, 5.74) is 0. The fourth-order valence-corrected chi connectivity index (χ4v) is 2.61. The molecule has 1 saturated heterocycles. The highest BCUT2D eigenvalue weighted by Crippen LogP contribution is 2.23. The maximum absolute atomic E-state index is 6.11. The lowest BCUT2D eigenvalue weighted by Crippen LogP contribution is -2.46. The SMILES string of the molecule is CN=C(NCC(C)Oc1ccccc1Cl)NC(C)COC1CCOC1. The lowest BCUT2D eigenvalue weighted by molar-refractivity contribution is 0.0347. The molecule has 0 amide bonds. The summed E-state index contributed by atoms with van der Waals surface area (Å²) in [6.07, 6.45) is 1.13. The van der Waals surface area contributed by atoms with E-state index in [1.165, 1.54) is 0 Å². The Bertz CT molecular complexity index is 550. The van der Waals surface area contributed by atoms with Gasteiger partial charge in [0.25, 0.3) is 0 Å². The molecule has 2 N–H and O–H groups in total. The van der Waals surface area contributed by atoms with Crippen LogP contribution in [0.1, 0.15) is 20.3 Å². The van der Waals surface area contributed by atoms with Gasteiger partial charge in [-0.15, -0.1) is 0 Å². The molecule has 0 bridgehead atoms. The summed E-state index contributed by atoms with van der Waals surface area (Å²) in [5.74, 6) is 1.40. The van der Waals surface area contributed by atoms with Crippen LogP contribution in [-0.4, -0.2) is 57.6 Å². The van der Waals surface area contributed by atoms with Crippen LogP contribution in [0, 0.1) is 0 Å². The molecule has 140 valence electrons. The minimum atomic E-state index is -0.0550. The summed E-state index contributed by atoms with van der Waals surface area (Å²) in [6.45, 7) is 6.74. The molecular weight excluding hydrogens is 342 g/mol. The topological polar surface area (TPSA) is 64.1 Å². The number of rotatable bonds is 8. The summed E-state index contributed by atoms with van der Waals surface area (Å²) in [7, 11) is 1.74. The highest BCUT2D eigenvalue weighted by atomic mass is 35.5. The molecule has 1 aliphatic heterocycles. The van der Waals surface area contributed by atoms with Crippen LogP contribution in [0.5, 0.6) is 5.75 Å². The van der Waals surface area contributed by atoms with Crippen LogP contribution >= 0.6 is 11.6 Å². The van der Waals surface area contributed by atoms with Crippen molar-refractivity contribution in [3.63, 3.8) is 0 Å². The number of benzene rings is 1.